The molecule has 1 spiro atoms. The topological polar surface area (TPSA) is 108 Å². The van der Waals surface area contributed by atoms with Gasteiger partial charge in [0.15, 0.2) is 11.6 Å². The first-order chi connectivity index (χ1) is 23.6. The molecule has 1 amide bonds. The minimum absolute atomic E-state index is 0.0529. The van der Waals surface area contributed by atoms with Crippen LogP contribution in [0.15, 0.2) is 73.2 Å². The van der Waals surface area contributed by atoms with Crippen LogP contribution in [0.3, 0.4) is 0 Å². The number of hydrogen-bond donors (Lipinski definition) is 1. The standard InChI is InChI=1S/C38H40FN5O5/c1-4-44(24(2)3)36(45)30-14-27(39)12-13-33(30)49-34-17-40-23-41-35(34)43-21-38(22-43)15-28(16-38)48-32-11-7-9-26-19-42(20-31(26)32)18-25-8-5-6-10-29(25)37(46)47/h5-14,17,23-24,28H,4,15-16,18-22H2,1-3H3,(H,46,47). The summed E-state index contributed by atoms with van der Waals surface area (Å²) in [5, 5.41) is 9.61. The molecule has 0 unspecified atom stereocenters. The number of carbonyl (C=O) groups is 2. The van der Waals surface area contributed by atoms with Gasteiger partial charge in [-0.3, -0.25) is 9.69 Å². The van der Waals surface area contributed by atoms with Gasteiger partial charge in [0.2, 0.25) is 0 Å². The SMILES string of the molecule is CCN(C(=O)c1cc(F)ccc1Oc1cncnc1N1CC2(CC(Oc3cccc4c3CN(Cc3ccccc3C(=O)O)C4)C2)C1)C(C)C. The van der Waals surface area contributed by atoms with Gasteiger partial charge in [-0.05, 0) is 75.1 Å². The molecule has 254 valence electrons. The second-order valence-corrected chi connectivity index (χ2v) is 13.6. The molecule has 0 radical (unpaired) electrons. The minimum atomic E-state index is -0.910. The number of hydrogen-bond acceptors (Lipinski definition) is 8. The summed E-state index contributed by atoms with van der Waals surface area (Å²) >= 11 is 0. The van der Waals surface area contributed by atoms with Gasteiger partial charge in [-0.2, -0.15) is 0 Å². The average Bonchev–Trinajstić information content (AvgIpc) is 3.46. The van der Waals surface area contributed by atoms with Crippen LogP contribution >= 0.6 is 0 Å². The van der Waals surface area contributed by atoms with Crippen molar-refractivity contribution in [3.8, 4) is 17.2 Å². The Labute approximate surface area is 285 Å². The van der Waals surface area contributed by atoms with Gasteiger partial charge >= 0.3 is 5.97 Å². The quantitative estimate of drug-likeness (QED) is 0.191. The van der Waals surface area contributed by atoms with Crippen LogP contribution in [0.4, 0.5) is 10.2 Å². The highest BCUT2D eigenvalue weighted by atomic mass is 19.1. The number of halogens is 1. The van der Waals surface area contributed by atoms with Gasteiger partial charge in [0.1, 0.15) is 29.7 Å². The normalized spacial score (nSPS) is 16.6. The van der Waals surface area contributed by atoms with E-state index < -0.39 is 11.8 Å². The van der Waals surface area contributed by atoms with E-state index in [1.807, 2.05) is 45.0 Å². The first-order valence-electron chi connectivity index (χ1n) is 16.8. The molecule has 7 rings (SSSR count). The van der Waals surface area contributed by atoms with Crippen LogP contribution in [0.5, 0.6) is 17.2 Å². The second kappa shape index (κ2) is 13.1. The van der Waals surface area contributed by atoms with Crippen molar-refractivity contribution in [1.29, 1.82) is 0 Å². The van der Waals surface area contributed by atoms with Gasteiger partial charge in [-0.1, -0.05) is 30.3 Å². The molecule has 3 aromatic carbocycles. The summed E-state index contributed by atoms with van der Waals surface area (Å²) in [6.45, 7) is 9.81. The van der Waals surface area contributed by atoms with Crippen LogP contribution in [0.1, 0.15) is 71.0 Å². The zero-order valence-electron chi connectivity index (χ0n) is 27.9. The number of aromatic carboxylic acids is 1. The van der Waals surface area contributed by atoms with Crippen molar-refractivity contribution < 1.29 is 28.6 Å². The van der Waals surface area contributed by atoms with E-state index in [1.165, 1.54) is 35.7 Å². The molecular formula is C38H40FN5O5. The Morgan fingerprint density at radius 2 is 1.82 bits per heavy atom. The number of nitrogens with zero attached hydrogens (tertiary/aromatic N) is 5. The summed E-state index contributed by atoms with van der Waals surface area (Å²) in [7, 11) is 0. The number of rotatable bonds is 11. The van der Waals surface area contributed by atoms with Crippen LogP contribution in [0.2, 0.25) is 0 Å². The molecule has 3 heterocycles. The van der Waals surface area contributed by atoms with Gasteiger partial charge in [0.25, 0.3) is 5.91 Å². The van der Waals surface area contributed by atoms with Crippen molar-refractivity contribution in [2.24, 2.45) is 5.41 Å². The fourth-order valence-electron chi connectivity index (χ4n) is 7.52. The molecule has 1 N–H and O–H groups in total. The Hall–Kier alpha value is -5.03. The maximum absolute atomic E-state index is 14.3. The largest absolute Gasteiger partial charge is 0.490 e. The smallest absolute Gasteiger partial charge is 0.336 e. The number of ether oxygens (including phenoxy) is 2. The first kappa shape index (κ1) is 32.5. The molecule has 1 aromatic heterocycles. The van der Waals surface area contributed by atoms with E-state index in [4.69, 9.17) is 9.47 Å². The van der Waals surface area contributed by atoms with Crippen LogP contribution in [-0.2, 0) is 19.6 Å². The van der Waals surface area contributed by atoms with Crippen LogP contribution < -0.4 is 14.4 Å². The van der Waals surface area contributed by atoms with E-state index in [0.717, 1.165) is 43.8 Å². The summed E-state index contributed by atoms with van der Waals surface area (Å²) in [6, 6.07) is 17.3. The average molecular weight is 666 g/mol. The highest BCUT2D eigenvalue weighted by Crippen LogP contribution is 2.52. The fourth-order valence-corrected chi connectivity index (χ4v) is 7.52. The lowest BCUT2D eigenvalue weighted by molar-refractivity contribution is -0.0349. The summed E-state index contributed by atoms with van der Waals surface area (Å²) in [4.78, 5) is 39.8. The van der Waals surface area contributed by atoms with E-state index in [-0.39, 0.29) is 34.8 Å². The zero-order valence-corrected chi connectivity index (χ0v) is 27.9. The molecule has 3 aliphatic rings. The Bertz CT molecular complexity index is 1890. The monoisotopic (exact) mass is 665 g/mol. The molecule has 49 heavy (non-hydrogen) atoms. The van der Waals surface area contributed by atoms with E-state index >= 15 is 0 Å². The van der Waals surface area contributed by atoms with Gasteiger partial charge in [0.05, 0.1) is 17.3 Å². The Kier molecular flexibility index (Phi) is 8.70. The van der Waals surface area contributed by atoms with E-state index in [9.17, 15) is 19.1 Å². The molecule has 0 atom stereocenters. The maximum atomic E-state index is 14.3. The minimum Gasteiger partial charge on any atom is -0.490 e. The number of anilines is 1. The Morgan fingerprint density at radius 1 is 1.02 bits per heavy atom. The van der Waals surface area contributed by atoms with Crippen molar-refractivity contribution in [2.75, 3.05) is 24.5 Å². The van der Waals surface area contributed by atoms with Gasteiger partial charge < -0.3 is 24.4 Å². The van der Waals surface area contributed by atoms with Crippen LogP contribution in [0, 0.1) is 11.2 Å². The summed E-state index contributed by atoms with van der Waals surface area (Å²) in [5.41, 5.74) is 3.80. The molecule has 0 bridgehead atoms. The number of carbonyl (C=O) groups excluding carboxylic acids is 1. The predicted octanol–water partition coefficient (Wildman–Crippen LogP) is 6.54. The van der Waals surface area contributed by atoms with Gasteiger partial charge in [0, 0.05) is 56.3 Å². The predicted molar refractivity (Wildman–Crippen MR) is 181 cm³/mol. The third kappa shape index (κ3) is 6.42. The molecule has 1 saturated heterocycles. The molecule has 1 saturated carbocycles. The molecule has 4 aromatic rings. The van der Waals surface area contributed by atoms with E-state index in [2.05, 4.69) is 25.8 Å². The van der Waals surface area contributed by atoms with Crippen LogP contribution in [-0.4, -0.2) is 68.5 Å². The number of carboxylic acid groups (broad SMARTS) is 1. The highest BCUT2D eigenvalue weighted by molar-refractivity contribution is 5.97. The van der Waals surface area contributed by atoms with Crippen molar-refractivity contribution in [3.05, 3.63) is 107 Å². The van der Waals surface area contributed by atoms with Crippen molar-refractivity contribution >= 4 is 17.7 Å². The Balaban J connectivity index is 0.979. The maximum Gasteiger partial charge on any atom is 0.336 e. The zero-order chi connectivity index (χ0) is 34.3. The molecule has 2 fully saturated rings. The first-order valence-corrected chi connectivity index (χ1v) is 16.8. The van der Waals surface area contributed by atoms with Crippen molar-refractivity contribution in [1.82, 2.24) is 19.8 Å². The van der Waals surface area contributed by atoms with E-state index in [0.29, 0.717) is 36.8 Å². The number of carboxylic acids is 1. The number of benzene rings is 3. The molecular weight excluding hydrogens is 625 g/mol. The molecule has 11 heteroatoms. The lowest BCUT2D eigenvalue weighted by Crippen LogP contribution is -2.65. The van der Waals surface area contributed by atoms with Crippen LogP contribution in [0.25, 0.3) is 0 Å². The summed E-state index contributed by atoms with van der Waals surface area (Å²) in [6.07, 6.45) is 5.00. The summed E-state index contributed by atoms with van der Waals surface area (Å²) < 4.78 is 27.1. The van der Waals surface area contributed by atoms with Crippen molar-refractivity contribution in [3.63, 3.8) is 0 Å². The van der Waals surface area contributed by atoms with Gasteiger partial charge in [-0.25, -0.2) is 19.2 Å². The lowest BCUT2D eigenvalue weighted by atomic mass is 9.61. The lowest BCUT2D eigenvalue weighted by Gasteiger charge is -2.59. The number of fused-ring (bicyclic) bond motifs is 1. The Morgan fingerprint density at radius 3 is 2.57 bits per heavy atom. The fraction of sp³-hybridized carbons (Fsp3) is 0.368. The summed E-state index contributed by atoms with van der Waals surface area (Å²) in [5.74, 6) is 0.487. The third-order valence-electron chi connectivity index (χ3n) is 9.89. The molecule has 2 aliphatic heterocycles. The number of aromatic nitrogens is 2. The third-order valence-corrected chi connectivity index (χ3v) is 9.89. The van der Waals surface area contributed by atoms with Crippen molar-refractivity contribution in [2.45, 2.75) is 65.4 Å². The molecule has 10 nitrogen and oxygen atoms in total. The second-order valence-electron chi connectivity index (χ2n) is 13.6. The number of amides is 1. The highest BCUT2D eigenvalue weighted by Gasteiger charge is 2.54. The molecule has 1 aliphatic carbocycles. The van der Waals surface area contributed by atoms with E-state index in [1.54, 1.807) is 23.2 Å². The van der Waals surface area contributed by atoms with Gasteiger partial charge in [-0.15, -0.1) is 0 Å².